The summed E-state index contributed by atoms with van der Waals surface area (Å²) in [4.78, 5) is 27.1. The molecule has 8 nitrogen and oxygen atoms in total. The second-order valence-electron chi connectivity index (χ2n) is 10.7. The number of imidazole rings is 1. The van der Waals surface area contributed by atoms with Crippen LogP contribution in [-0.2, 0) is 11.2 Å². The van der Waals surface area contributed by atoms with Gasteiger partial charge in [0.15, 0.2) is 0 Å². The first kappa shape index (κ1) is 27.0. The molecule has 5 heterocycles. The Morgan fingerprint density at radius 1 is 0.953 bits per heavy atom. The van der Waals surface area contributed by atoms with E-state index in [-0.39, 0.29) is 5.91 Å². The van der Waals surface area contributed by atoms with Gasteiger partial charge in [-0.25, -0.2) is 15.0 Å². The lowest BCUT2D eigenvalue weighted by Gasteiger charge is -2.23. The minimum absolute atomic E-state index is 0.0546. The molecule has 2 aromatic carbocycles. The van der Waals surface area contributed by atoms with E-state index < -0.39 is 0 Å². The van der Waals surface area contributed by atoms with Crippen molar-refractivity contribution in [3.8, 4) is 22.6 Å². The number of aromatic nitrogens is 4. The van der Waals surface area contributed by atoms with Crippen molar-refractivity contribution in [1.82, 2.24) is 24.7 Å². The SMILES string of the molecule is O=C(Cc1ccsc1)Nc1cccc(-c2nc3ccccn3c2-c2ccnc(Nc3ccc(C4CCNCC4)cc3)n2)c1. The van der Waals surface area contributed by atoms with Crippen LogP contribution in [0.1, 0.15) is 29.9 Å². The van der Waals surface area contributed by atoms with Crippen molar-refractivity contribution in [3.05, 3.63) is 113 Å². The number of piperidine rings is 1. The number of carbonyl (C=O) groups is 1. The van der Waals surface area contributed by atoms with Crippen LogP contribution < -0.4 is 16.0 Å². The number of fused-ring (bicyclic) bond motifs is 1. The fourth-order valence-corrected chi connectivity index (χ4v) is 6.31. The number of hydrogen-bond donors (Lipinski definition) is 3. The number of hydrogen-bond acceptors (Lipinski definition) is 7. The van der Waals surface area contributed by atoms with E-state index in [0.29, 0.717) is 18.3 Å². The van der Waals surface area contributed by atoms with Gasteiger partial charge in [-0.2, -0.15) is 11.3 Å². The standard InChI is InChI=1S/C34H31N7OS/c42-31(20-23-14-19-43-22-23)37-28-5-3-4-26(21-28)32-33(41-18-2-1-6-30(41)40-32)29-13-17-36-34(39-29)38-27-9-7-24(8-10-27)25-11-15-35-16-12-25/h1-10,13-14,17-19,21-22,25,35H,11-12,15-16,20H2,(H,37,42)(H,36,38,39). The zero-order valence-electron chi connectivity index (χ0n) is 23.5. The average Bonchev–Trinajstić information content (AvgIpc) is 3.70. The molecule has 214 valence electrons. The summed E-state index contributed by atoms with van der Waals surface area (Å²) in [6.45, 7) is 2.15. The van der Waals surface area contributed by atoms with E-state index >= 15 is 0 Å². The first-order valence-electron chi connectivity index (χ1n) is 14.5. The smallest absolute Gasteiger partial charge is 0.228 e. The van der Waals surface area contributed by atoms with Gasteiger partial charge in [0.25, 0.3) is 0 Å². The molecule has 1 amide bonds. The summed E-state index contributed by atoms with van der Waals surface area (Å²) in [6, 6.07) is 26.2. The van der Waals surface area contributed by atoms with Crippen molar-refractivity contribution in [3.63, 3.8) is 0 Å². The van der Waals surface area contributed by atoms with E-state index in [1.165, 1.54) is 18.4 Å². The largest absolute Gasteiger partial charge is 0.326 e. The maximum atomic E-state index is 12.7. The van der Waals surface area contributed by atoms with Gasteiger partial charge in [0.1, 0.15) is 5.65 Å². The van der Waals surface area contributed by atoms with Crippen LogP contribution in [0.5, 0.6) is 0 Å². The van der Waals surface area contributed by atoms with Gasteiger partial charge in [0, 0.05) is 29.3 Å². The zero-order valence-corrected chi connectivity index (χ0v) is 24.3. The van der Waals surface area contributed by atoms with Crippen molar-refractivity contribution >= 4 is 40.2 Å². The molecule has 43 heavy (non-hydrogen) atoms. The monoisotopic (exact) mass is 585 g/mol. The lowest BCUT2D eigenvalue weighted by atomic mass is 9.90. The van der Waals surface area contributed by atoms with E-state index in [4.69, 9.17) is 9.97 Å². The van der Waals surface area contributed by atoms with Crippen molar-refractivity contribution in [2.24, 2.45) is 0 Å². The van der Waals surface area contributed by atoms with Crippen LogP contribution in [-0.4, -0.2) is 38.3 Å². The number of thiophene rings is 1. The highest BCUT2D eigenvalue weighted by atomic mass is 32.1. The predicted octanol–water partition coefficient (Wildman–Crippen LogP) is 6.91. The summed E-state index contributed by atoms with van der Waals surface area (Å²) >= 11 is 1.59. The predicted molar refractivity (Wildman–Crippen MR) is 173 cm³/mol. The average molecular weight is 586 g/mol. The van der Waals surface area contributed by atoms with Gasteiger partial charge in [0.05, 0.1) is 23.5 Å². The van der Waals surface area contributed by atoms with E-state index in [1.807, 2.05) is 76.0 Å². The number of nitrogens with one attached hydrogen (secondary N) is 3. The van der Waals surface area contributed by atoms with Crippen LogP contribution >= 0.6 is 11.3 Å². The highest BCUT2D eigenvalue weighted by Gasteiger charge is 2.19. The number of rotatable bonds is 8. The molecule has 0 aliphatic carbocycles. The summed E-state index contributed by atoms with van der Waals surface area (Å²) < 4.78 is 2.04. The Morgan fingerprint density at radius 3 is 2.67 bits per heavy atom. The molecule has 1 aliphatic heterocycles. The minimum atomic E-state index is -0.0546. The Morgan fingerprint density at radius 2 is 1.84 bits per heavy atom. The van der Waals surface area contributed by atoms with Crippen LogP contribution in [0.15, 0.2) is 102 Å². The molecule has 0 spiro atoms. The maximum absolute atomic E-state index is 12.7. The number of anilines is 3. The molecule has 6 aromatic rings. The van der Waals surface area contributed by atoms with Crippen molar-refractivity contribution in [2.75, 3.05) is 23.7 Å². The maximum Gasteiger partial charge on any atom is 0.228 e. The number of carbonyl (C=O) groups excluding carboxylic acids is 1. The van der Waals surface area contributed by atoms with Gasteiger partial charge >= 0.3 is 0 Å². The van der Waals surface area contributed by atoms with Crippen LogP contribution in [0, 0.1) is 0 Å². The lowest BCUT2D eigenvalue weighted by molar-refractivity contribution is -0.115. The summed E-state index contributed by atoms with van der Waals surface area (Å²) in [7, 11) is 0. The molecule has 0 saturated carbocycles. The summed E-state index contributed by atoms with van der Waals surface area (Å²) in [5.74, 6) is 1.07. The number of pyridine rings is 1. The van der Waals surface area contributed by atoms with Gasteiger partial charge < -0.3 is 16.0 Å². The molecule has 0 bridgehead atoms. The lowest BCUT2D eigenvalue weighted by Crippen LogP contribution is -2.26. The molecule has 1 aliphatic rings. The molecule has 7 rings (SSSR count). The second kappa shape index (κ2) is 12.2. The minimum Gasteiger partial charge on any atom is -0.326 e. The van der Waals surface area contributed by atoms with Gasteiger partial charge in [0.2, 0.25) is 11.9 Å². The van der Waals surface area contributed by atoms with E-state index in [0.717, 1.165) is 58.3 Å². The molecule has 9 heteroatoms. The number of nitrogens with zero attached hydrogens (tertiary/aromatic N) is 4. The van der Waals surface area contributed by atoms with E-state index in [2.05, 4.69) is 45.2 Å². The number of amides is 1. The molecule has 1 saturated heterocycles. The van der Waals surface area contributed by atoms with Gasteiger partial charge in [-0.3, -0.25) is 9.20 Å². The molecular formula is C34H31N7OS. The van der Waals surface area contributed by atoms with E-state index in [1.54, 1.807) is 17.5 Å². The van der Waals surface area contributed by atoms with Crippen molar-refractivity contribution in [1.29, 1.82) is 0 Å². The fourth-order valence-electron chi connectivity index (χ4n) is 5.64. The normalized spacial score (nSPS) is 13.7. The Kier molecular flexibility index (Phi) is 7.64. The third-order valence-corrected chi connectivity index (χ3v) is 8.50. The molecule has 1 fully saturated rings. The van der Waals surface area contributed by atoms with Gasteiger partial charge in [-0.15, -0.1) is 0 Å². The Bertz CT molecular complexity index is 1860. The fraction of sp³-hybridized carbons (Fsp3) is 0.176. The molecule has 0 radical (unpaired) electrons. The summed E-state index contributed by atoms with van der Waals surface area (Å²) in [6.07, 6.45) is 6.43. The highest BCUT2D eigenvalue weighted by Crippen LogP contribution is 2.34. The molecule has 0 atom stereocenters. The summed E-state index contributed by atoms with van der Waals surface area (Å²) in [5, 5.41) is 13.8. The Hall–Kier alpha value is -4.86. The first-order valence-corrected chi connectivity index (χ1v) is 15.4. The zero-order chi connectivity index (χ0) is 29.0. The van der Waals surface area contributed by atoms with Crippen molar-refractivity contribution in [2.45, 2.75) is 25.2 Å². The Labute approximate surface area is 253 Å². The Balaban J connectivity index is 1.17. The van der Waals surface area contributed by atoms with Crippen molar-refractivity contribution < 1.29 is 4.79 Å². The quantitative estimate of drug-likeness (QED) is 0.180. The molecule has 0 unspecified atom stereocenters. The molecule has 4 aromatic heterocycles. The summed E-state index contributed by atoms with van der Waals surface area (Å²) in [5.41, 5.74) is 8.10. The van der Waals surface area contributed by atoms with Crippen LogP contribution in [0.4, 0.5) is 17.3 Å². The van der Waals surface area contributed by atoms with Crippen LogP contribution in [0.3, 0.4) is 0 Å². The first-order chi connectivity index (χ1) is 21.2. The topological polar surface area (TPSA) is 96.2 Å². The van der Waals surface area contributed by atoms with Gasteiger partial charge in [-0.05, 0) is 102 Å². The third kappa shape index (κ3) is 6.04. The van der Waals surface area contributed by atoms with Crippen LogP contribution in [0.2, 0.25) is 0 Å². The third-order valence-electron chi connectivity index (χ3n) is 7.77. The van der Waals surface area contributed by atoms with E-state index in [9.17, 15) is 4.79 Å². The molecular weight excluding hydrogens is 554 g/mol. The molecule has 3 N–H and O–H groups in total. The second-order valence-corrected chi connectivity index (χ2v) is 11.5. The number of benzene rings is 2. The van der Waals surface area contributed by atoms with Gasteiger partial charge in [-0.1, -0.05) is 30.3 Å². The highest BCUT2D eigenvalue weighted by molar-refractivity contribution is 7.08. The van der Waals surface area contributed by atoms with Crippen LogP contribution in [0.25, 0.3) is 28.3 Å².